The average molecular weight is 241 g/mol. The van der Waals surface area contributed by atoms with Gasteiger partial charge in [0.05, 0.1) is 0 Å². The smallest absolute Gasteiger partial charge is 0.0429 e. The zero-order valence-corrected chi connectivity index (χ0v) is 10.9. The van der Waals surface area contributed by atoms with Crippen LogP contribution in [0.2, 0.25) is 5.02 Å². The number of hydrogen-bond donors (Lipinski definition) is 1. The number of hydrogen-bond acceptors (Lipinski definition) is 2. The van der Waals surface area contributed by atoms with E-state index in [1.165, 1.54) is 18.4 Å². The van der Waals surface area contributed by atoms with Crippen molar-refractivity contribution in [1.29, 1.82) is 0 Å². The van der Waals surface area contributed by atoms with Crippen LogP contribution in [-0.4, -0.2) is 18.0 Å². The molecule has 0 saturated carbocycles. The summed E-state index contributed by atoms with van der Waals surface area (Å²) in [5.41, 5.74) is 7.73. The molecule has 1 aromatic rings. The van der Waals surface area contributed by atoms with Crippen LogP contribution < -0.4 is 5.73 Å². The Kier molecular flexibility index (Phi) is 5.64. The molecule has 1 aromatic carbocycles. The number of halogens is 1. The molecule has 0 heterocycles. The summed E-state index contributed by atoms with van der Waals surface area (Å²) < 4.78 is 0. The first-order valence-electron chi connectivity index (χ1n) is 5.93. The molecule has 0 saturated heterocycles. The predicted molar refractivity (Wildman–Crippen MR) is 71.7 cm³/mol. The van der Waals surface area contributed by atoms with E-state index in [4.69, 9.17) is 17.3 Å². The van der Waals surface area contributed by atoms with Gasteiger partial charge in [-0.25, -0.2) is 0 Å². The maximum Gasteiger partial charge on any atom is 0.0429 e. The second-order valence-corrected chi connectivity index (χ2v) is 4.61. The summed E-state index contributed by atoms with van der Waals surface area (Å²) in [6.07, 6.45) is 2.35. The Balaban J connectivity index is 2.68. The lowest BCUT2D eigenvalue weighted by Crippen LogP contribution is -2.24. The lowest BCUT2D eigenvalue weighted by molar-refractivity contribution is 0.266. The first-order chi connectivity index (χ1) is 7.65. The molecule has 0 radical (unpaired) electrons. The first-order valence-corrected chi connectivity index (χ1v) is 6.30. The van der Waals surface area contributed by atoms with E-state index in [2.05, 4.69) is 18.7 Å². The van der Waals surface area contributed by atoms with Crippen LogP contribution in [0.3, 0.4) is 0 Å². The van der Waals surface area contributed by atoms with Gasteiger partial charge in [-0.3, -0.25) is 4.90 Å². The van der Waals surface area contributed by atoms with Crippen LogP contribution in [0.1, 0.15) is 32.3 Å². The zero-order chi connectivity index (χ0) is 12.0. The van der Waals surface area contributed by atoms with Crippen molar-refractivity contribution in [2.45, 2.75) is 33.2 Å². The Bertz CT molecular complexity index is 299. The van der Waals surface area contributed by atoms with Crippen molar-refractivity contribution in [3.8, 4) is 0 Å². The van der Waals surface area contributed by atoms with Gasteiger partial charge >= 0.3 is 0 Å². The third kappa shape index (κ3) is 4.42. The minimum atomic E-state index is 0.725. The fraction of sp³-hybridized carbons (Fsp3) is 0.538. The lowest BCUT2D eigenvalue weighted by Gasteiger charge is -2.21. The van der Waals surface area contributed by atoms with Gasteiger partial charge in [0.15, 0.2) is 0 Å². The van der Waals surface area contributed by atoms with Crippen molar-refractivity contribution in [3.05, 3.63) is 28.8 Å². The van der Waals surface area contributed by atoms with E-state index < -0.39 is 0 Å². The van der Waals surface area contributed by atoms with E-state index >= 15 is 0 Å². The van der Waals surface area contributed by atoms with Crippen LogP contribution in [0.15, 0.2) is 18.2 Å². The number of benzene rings is 1. The second-order valence-electron chi connectivity index (χ2n) is 4.17. The Morgan fingerprint density at radius 1 is 1.12 bits per heavy atom. The average Bonchev–Trinajstić information content (AvgIpc) is 2.16. The maximum absolute atomic E-state index is 5.99. The first kappa shape index (κ1) is 13.3. The van der Waals surface area contributed by atoms with Crippen molar-refractivity contribution >= 4 is 17.3 Å². The lowest BCUT2D eigenvalue weighted by atomic mass is 10.2. The highest BCUT2D eigenvalue weighted by Gasteiger charge is 2.05. The van der Waals surface area contributed by atoms with Gasteiger partial charge in [-0.2, -0.15) is 0 Å². The van der Waals surface area contributed by atoms with E-state index in [9.17, 15) is 0 Å². The maximum atomic E-state index is 5.99. The largest absolute Gasteiger partial charge is 0.399 e. The Morgan fingerprint density at radius 2 is 1.75 bits per heavy atom. The quantitative estimate of drug-likeness (QED) is 0.771. The third-order valence-electron chi connectivity index (χ3n) is 2.47. The molecule has 2 N–H and O–H groups in total. The predicted octanol–water partition coefficient (Wildman–Crippen LogP) is 3.54. The van der Waals surface area contributed by atoms with E-state index in [0.29, 0.717) is 0 Å². The van der Waals surface area contributed by atoms with Crippen LogP contribution in [0.25, 0.3) is 0 Å². The van der Waals surface area contributed by atoms with Gasteiger partial charge < -0.3 is 5.73 Å². The second kappa shape index (κ2) is 6.77. The van der Waals surface area contributed by atoms with Crippen molar-refractivity contribution < 1.29 is 0 Å². The summed E-state index contributed by atoms with van der Waals surface area (Å²) in [7, 11) is 0. The topological polar surface area (TPSA) is 29.3 Å². The van der Waals surface area contributed by atoms with Crippen molar-refractivity contribution in [1.82, 2.24) is 4.90 Å². The van der Waals surface area contributed by atoms with Crippen molar-refractivity contribution in [2.75, 3.05) is 18.8 Å². The number of nitrogen functional groups attached to an aromatic ring is 1. The van der Waals surface area contributed by atoms with E-state index in [1.54, 1.807) is 6.07 Å². The Labute approximate surface area is 103 Å². The van der Waals surface area contributed by atoms with Crippen LogP contribution in [0.4, 0.5) is 5.69 Å². The monoisotopic (exact) mass is 240 g/mol. The number of rotatable bonds is 6. The van der Waals surface area contributed by atoms with E-state index in [-0.39, 0.29) is 0 Å². The minimum absolute atomic E-state index is 0.725. The highest BCUT2D eigenvalue weighted by molar-refractivity contribution is 6.30. The molecule has 0 aromatic heterocycles. The molecule has 0 aliphatic rings. The van der Waals surface area contributed by atoms with E-state index in [1.807, 2.05) is 12.1 Å². The standard InChI is InChI=1S/C13H21ClN2/c1-3-5-16(6-4-2)10-11-7-12(14)9-13(15)8-11/h7-9H,3-6,10,15H2,1-2H3. The normalized spacial score (nSPS) is 11.0. The molecule has 2 nitrogen and oxygen atoms in total. The minimum Gasteiger partial charge on any atom is -0.399 e. The molecule has 0 aliphatic carbocycles. The van der Waals surface area contributed by atoms with Gasteiger partial charge in [0, 0.05) is 17.3 Å². The molecule has 90 valence electrons. The molecule has 0 spiro atoms. The van der Waals surface area contributed by atoms with Crippen molar-refractivity contribution in [2.24, 2.45) is 0 Å². The molecule has 0 unspecified atom stereocenters. The molecule has 0 atom stereocenters. The highest BCUT2D eigenvalue weighted by Crippen LogP contribution is 2.18. The number of nitrogens with two attached hydrogens (primary N) is 1. The van der Waals surface area contributed by atoms with Gasteiger partial charge in [-0.05, 0) is 49.7 Å². The Hall–Kier alpha value is -0.730. The van der Waals surface area contributed by atoms with Gasteiger partial charge in [-0.1, -0.05) is 25.4 Å². The molecule has 0 fully saturated rings. The highest BCUT2D eigenvalue weighted by atomic mass is 35.5. The summed E-state index contributed by atoms with van der Waals surface area (Å²) in [6, 6.07) is 5.79. The molecule has 3 heteroatoms. The van der Waals surface area contributed by atoms with Gasteiger partial charge in [-0.15, -0.1) is 0 Å². The van der Waals surface area contributed by atoms with Crippen LogP contribution >= 0.6 is 11.6 Å². The number of nitrogens with zero attached hydrogens (tertiary/aromatic N) is 1. The van der Waals surface area contributed by atoms with Crippen LogP contribution in [0, 0.1) is 0 Å². The SMILES string of the molecule is CCCN(CCC)Cc1cc(N)cc(Cl)c1. The van der Waals surface area contributed by atoms with Gasteiger partial charge in [0.2, 0.25) is 0 Å². The summed E-state index contributed by atoms with van der Waals surface area (Å²) in [6.45, 7) is 7.59. The van der Waals surface area contributed by atoms with Crippen LogP contribution in [-0.2, 0) is 6.54 Å². The summed E-state index contributed by atoms with van der Waals surface area (Å²) in [5, 5.41) is 0.725. The fourth-order valence-corrected chi connectivity index (χ4v) is 2.19. The van der Waals surface area contributed by atoms with Crippen molar-refractivity contribution in [3.63, 3.8) is 0 Å². The molecule has 0 amide bonds. The third-order valence-corrected chi connectivity index (χ3v) is 2.68. The molecular weight excluding hydrogens is 220 g/mol. The number of anilines is 1. The van der Waals surface area contributed by atoms with E-state index in [0.717, 1.165) is 30.3 Å². The molecule has 0 aliphatic heterocycles. The zero-order valence-electron chi connectivity index (χ0n) is 10.2. The van der Waals surface area contributed by atoms with Crippen LogP contribution in [0.5, 0.6) is 0 Å². The summed E-state index contributed by atoms with van der Waals surface area (Å²) in [5.74, 6) is 0. The van der Waals surface area contributed by atoms with Gasteiger partial charge in [0.1, 0.15) is 0 Å². The fourth-order valence-electron chi connectivity index (χ4n) is 1.93. The molecular formula is C13H21ClN2. The summed E-state index contributed by atoms with van der Waals surface area (Å²) in [4.78, 5) is 2.44. The Morgan fingerprint density at radius 3 is 2.25 bits per heavy atom. The molecule has 0 bridgehead atoms. The summed E-state index contributed by atoms with van der Waals surface area (Å²) >= 11 is 5.99. The molecule has 16 heavy (non-hydrogen) atoms. The molecule has 1 rings (SSSR count). The van der Waals surface area contributed by atoms with Gasteiger partial charge in [0.25, 0.3) is 0 Å².